The average molecular weight is 222 g/mol. The lowest BCUT2D eigenvalue weighted by atomic mass is 10.2. The molecule has 2 heterocycles. The molecule has 2 rings (SSSR count). The molecule has 1 aliphatic rings. The number of likely N-dealkylation sites (N-methyl/N-ethyl adjacent to an activating group) is 1. The Morgan fingerprint density at radius 1 is 1.56 bits per heavy atom. The van der Waals surface area contributed by atoms with E-state index in [2.05, 4.69) is 26.8 Å². The fraction of sp³-hybridized carbons (Fsp3) is 0.750. The van der Waals surface area contributed by atoms with Crippen LogP contribution < -0.4 is 5.32 Å². The zero-order valence-corrected chi connectivity index (χ0v) is 10.1. The standard InChI is InChI=1S/C12H22N4/c1-15(10-12-4-2-5-14-12)7-3-8-16-9-6-13-11-16/h6,9,11-12,14H,2-5,7-8,10H2,1H3. The van der Waals surface area contributed by atoms with E-state index >= 15 is 0 Å². The van der Waals surface area contributed by atoms with Gasteiger partial charge in [0.2, 0.25) is 0 Å². The molecule has 90 valence electrons. The lowest BCUT2D eigenvalue weighted by Crippen LogP contribution is -2.35. The summed E-state index contributed by atoms with van der Waals surface area (Å²) >= 11 is 0. The van der Waals surface area contributed by atoms with Crippen LogP contribution in [-0.2, 0) is 6.54 Å². The maximum Gasteiger partial charge on any atom is 0.0945 e. The van der Waals surface area contributed by atoms with Gasteiger partial charge in [-0.25, -0.2) is 4.98 Å². The minimum absolute atomic E-state index is 0.721. The van der Waals surface area contributed by atoms with Gasteiger partial charge in [0.05, 0.1) is 6.33 Å². The first-order valence-electron chi connectivity index (χ1n) is 6.22. The topological polar surface area (TPSA) is 33.1 Å². The molecule has 0 spiro atoms. The molecule has 0 bridgehead atoms. The van der Waals surface area contributed by atoms with Crippen LogP contribution in [0.3, 0.4) is 0 Å². The third-order valence-corrected chi connectivity index (χ3v) is 3.21. The van der Waals surface area contributed by atoms with Crippen LogP contribution in [0.25, 0.3) is 0 Å². The number of nitrogens with one attached hydrogen (secondary N) is 1. The van der Waals surface area contributed by atoms with Crippen molar-refractivity contribution < 1.29 is 0 Å². The van der Waals surface area contributed by atoms with Crippen molar-refractivity contribution in [1.29, 1.82) is 0 Å². The van der Waals surface area contributed by atoms with E-state index in [4.69, 9.17) is 0 Å². The Morgan fingerprint density at radius 3 is 3.19 bits per heavy atom. The van der Waals surface area contributed by atoms with Crippen LogP contribution in [0.15, 0.2) is 18.7 Å². The highest BCUT2D eigenvalue weighted by Crippen LogP contribution is 2.06. The number of imidazole rings is 1. The molecule has 1 saturated heterocycles. The van der Waals surface area contributed by atoms with Crippen molar-refractivity contribution in [1.82, 2.24) is 19.8 Å². The first kappa shape index (κ1) is 11.6. The summed E-state index contributed by atoms with van der Waals surface area (Å²) in [6.07, 6.45) is 9.63. The zero-order valence-electron chi connectivity index (χ0n) is 10.1. The fourth-order valence-corrected chi connectivity index (χ4v) is 2.32. The van der Waals surface area contributed by atoms with Crippen molar-refractivity contribution in [3.8, 4) is 0 Å². The van der Waals surface area contributed by atoms with Crippen LogP contribution in [-0.4, -0.2) is 47.2 Å². The van der Waals surface area contributed by atoms with Gasteiger partial charge < -0.3 is 14.8 Å². The van der Waals surface area contributed by atoms with Gasteiger partial charge in [-0.15, -0.1) is 0 Å². The summed E-state index contributed by atoms with van der Waals surface area (Å²) in [6, 6.07) is 0.721. The van der Waals surface area contributed by atoms with Crippen LogP contribution in [0.5, 0.6) is 0 Å². The molecule has 0 aromatic carbocycles. The second kappa shape index (κ2) is 6.01. The minimum atomic E-state index is 0.721. The van der Waals surface area contributed by atoms with Crippen molar-refractivity contribution in [3.63, 3.8) is 0 Å². The first-order chi connectivity index (χ1) is 7.84. The van der Waals surface area contributed by atoms with Gasteiger partial charge in [-0.2, -0.15) is 0 Å². The molecule has 1 atom stereocenters. The van der Waals surface area contributed by atoms with E-state index < -0.39 is 0 Å². The number of rotatable bonds is 6. The highest BCUT2D eigenvalue weighted by molar-refractivity contribution is 4.77. The molecule has 4 heteroatoms. The van der Waals surface area contributed by atoms with E-state index in [1.807, 2.05) is 18.7 Å². The summed E-state index contributed by atoms with van der Waals surface area (Å²) in [4.78, 5) is 6.47. The second-order valence-corrected chi connectivity index (χ2v) is 4.71. The Kier molecular flexibility index (Phi) is 4.36. The van der Waals surface area contributed by atoms with Crippen LogP contribution in [0.1, 0.15) is 19.3 Å². The number of nitrogens with zero attached hydrogens (tertiary/aromatic N) is 3. The highest BCUT2D eigenvalue weighted by atomic mass is 15.1. The average Bonchev–Trinajstić information content (AvgIpc) is 2.90. The summed E-state index contributed by atoms with van der Waals surface area (Å²) < 4.78 is 2.14. The number of hydrogen-bond donors (Lipinski definition) is 1. The van der Waals surface area contributed by atoms with Gasteiger partial charge in [0.1, 0.15) is 0 Å². The van der Waals surface area contributed by atoms with Crippen LogP contribution in [0, 0.1) is 0 Å². The minimum Gasteiger partial charge on any atom is -0.337 e. The van der Waals surface area contributed by atoms with E-state index in [1.165, 1.54) is 32.4 Å². The molecule has 16 heavy (non-hydrogen) atoms. The van der Waals surface area contributed by atoms with E-state index in [-0.39, 0.29) is 0 Å². The summed E-state index contributed by atoms with van der Waals surface area (Å²) in [7, 11) is 2.22. The molecular formula is C12H22N4. The molecule has 0 radical (unpaired) electrons. The lowest BCUT2D eigenvalue weighted by Gasteiger charge is -2.20. The van der Waals surface area contributed by atoms with Gasteiger partial charge in [0.25, 0.3) is 0 Å². The fourth-order valence-electron chi connectivity index (χ4n) is 2.32. The molecule has 1 aliphatic heterocycles. The largest absolute Gasteiger partial charge is 0.337 e. The number of aryl methyl sites for hydroxylation is 1. The molecule has 0 aliphatic carbocycles. The van der Waals surface area contributed by atoms with Crippen LogP contribution in [0.4, 0.5) is 0 Å². The quantitative estimate of drug-likeness (QED) is 0.778. The molecule has 0 amide bonds. The van der Waals surface area contributed by atoms with Crippen molar-refractivity contribution in [3.05, 3.63) is 18.7 Å². The molecule has 1 aromatic rings. The van der Waals surface area contributed by atoms with Crippen LogP contribution >= 0.6 is 0 Å². The SMILES string of the molecule is CN(CCCn1ccnc1)CC1CCCN1. The summed E-state index contributed by atoms with van der Waals surface area (Å²) in [5.41, 5.74) is 0. The van der Waals surface area contributed by atoms with Crippen molar-refractivity contribution in [2.24, 2.45) is 0 Å². The Labute approximate surface area is 97.7 Å². The van der Waals surface area contributed by atoms with Crippen molar-refractivity contribution in [2.45, 2.75) is 31.8 Å². The smallest absolute Gasteiger partial charge is 0.0945 e. The van der Waals surface area contributed by atoms with E-state index in [1.54, 1.807) is 0 Å². The number of aromatic nitrogens is 2. The molecule has 0 saturated carbocycles. The zero-order chi connectivity index (χ0) is 11.2. The summed E-state index contributed by atoms with van der Waals surface area (Å²) in [5, 5.41) is 3.53. The third kappa shape index (κ3) is 3.61. The van der Waals surface area contributed by atoms with Gasteiger partial charge >= 0.3 is 0 Å². The number of hydrogen-bond acceptors (Lipinski definition) is 3. The van der Waals surface area contributed by atoms with E-state index in [0.717, 1.165) is 19.1 Å². The van der Waals surface area contributed by atoms with E-state index in [0.29, 0.717) is 0 Å². The molecule has 1 N–H and O–H groups in total. The Morgan fingerprint density at radius 2 is 2.50 bits per heavy atom. The van der Waals surface area contributed by atoms with Gasteiger partial charge in [-0.05, 0) is 39.4 Å². The Bertz CT molecular complexity index is 277. The molecule has 4 nitrogen and oxygen atoms in total. The monoisotopic (exact) mass is 222 g/mol. The third-order valence-electron chi connectivity index (χ3n) is 3.21. The predicted molar refractivity (Wildman–Crippen MR) is 65.4 cm³/mol. The molecular weight excluding hydrogens is 200 g/mol. The van der Waals surface area contributed by atoms with Crippen molar-refractivity contribution >= 4 is 0 Å². The summed E-state index contributed by atoms with van der Waals surface area (Å²) in [5.74, 6) is 0. The van der Waals surface area contributed by atoms with E-state index in [9.17, 15) is 0 Å². The second-order valence-electron chi connectivity index (χ2n) is 4.71. The maximum absolute atomic E-state index is 4.04. The van der Waals surface area contributed by atoms with Gasteiger partial charge in [-0.3, -0.25) is 0 Å². The van der Waals surface area contributed by atoms with Gasteiger partial charge in [-0.1, -0.05) is 0 Å². The molecule has 1 fully saturated rings. The predicted octanol–water partition coefficient (Wildman–Crippen LogP) is 0.957. The summed E-state index contributed by atoms with van der Waals surface area (Å²) in [6.45, 7) is 4.62. The first-order valence-corrected chi connectivity index (χ1v) is 6.22. The van der Waals surface area contributed by atoms with Crippen molar-refractivity contribution in [2.75, 3.05) is 26.7 Å². The van der Waals surface area contributed by atoms with Gasteiger partial charge in [0, 0.05) is 31.5 Å². The Hall–Kier alpha value is -0.870. The highest BCUT2D eigenvalue weighted by Gasteiger charge is 2.15. The Balaban J connectivity index is 1.58. The van der Waals surface area contributed by atoms with Gasteiger partial charge in [0.15, 0.2) is 0 Å². The maximum atomic E-state index is 4.04. The molecule has 1 aromatic heterocycles. The molecule has 1 unspecified atom stereocenters. The normalized spacial score (nSPS) is 20.8. The lowest BCUT2D eigenvalue weighted by molar-refractivity contribution is 0.291. The van der Waals surface area contributed by atoms with Crippen LogP contribution in [0.2, 0.25) is 0 Å².